The van der Waals surface area contributed by atoms with Crippen LogP contribution in [0.3, 0.4) is 0 Å². The summed E-state index contributed by atoms with van der Waals surface area (Å²) in [6.07, 6.45) is 3.31. The van der Waals surface area contributed by atoms with Crippen molar-refractivity contribution >= 4 is 27.1 Å². The second-order valence-electron chi connectivity index (χ2n) is 8.39. The molecule has 0 unspecified atom stereocenters. The molecule has 0 amide bonds. The summed E-state index contributed by atoms with van der Waals surface area (Å²) < 4.78 is 0. The molecule has 0 saturated carbocycles. The standard InChI is InChI=1S/C32H28/c1-4-23-13-9-10-17-29(23)26(5-2)32-30-18-12-11-16-27(30)22(3)28-20-19-25(21-31(28)32)24-14-7-6-8-15-24/h5-21H,4H2,1-3H3/b26-5+. The van der Waals surface area contributed by atoms with Gasteiger partial charge in [0.05, 0.1) is 0 Å². The van der Waals surface area contributed by atoms with E-state index in [9.17, 15) is 0 Å². The minimum absolute atomic E-state index is 1.02. The van der Waals surface area contributed by atoms with Crippen LogP contribution in [0.25, 0.3) is 38.2 Å². The molecule has 5 aromatic carbocycles. The van der Waals surface area contributed by atoms with E-state index in [1.807, 2.05) is 0 Å². The lowest BCUT2D eigenvalue weighted by atomic mass is 9.83. The van der Waals surface area contributed by atoms with Gasteiger partial charge in [-0.05, 0) is 86.8 Å². The Morgan fingerprint density at radius 3 is 2.06 bits per heavy atom. The molecular formula is C32H28. The Kier molecular flexibility index (Phi) is 5.37. The fourth-order valence-electron chi connectivity index (χ4n) is 5.02. The Labute approximate surface area is 190 Å². The maximum absolute atomic E-state index is 2.39. The van der Waals surface area contributed by atoms with Crippen molar-refractivity contribution in [3.05, 3.63) is 125 Å². The number of hydrogen-bond donors (Lipinski definition) is 0. The molecule has 0 bridgehead atoms. The highest BCUT2D eigenvalue weighted by molar-refractivity contribution is 6.14. The summed E-state index contributed by atoms with van der Waals surface area (Å²) in [6.45, 7) is 6.67. The predicted molar refractivity (Wildman–Crippen MR) is 140 cm³/mol. The quantitative estimate of drug-likeness (QED) is 0.258. The van der Waals surface area contributed by atoms with E-state index < -0.39 is 0 Å². The van der Waals surface area contributed by atoms with Crippen LogP contribution in [0, 0.1) is 6.92 Å². The summed E-state index contributed by atoms with van der Waals surface area (Å²) in [7, 11) is 0. The molecule has 0 heterocycles. The summed E-state index contributed by atoms with van der Waals surface area (Å²) >= 11 is 0. The monoisotopic (exact) mass is 412 g/mol. The van der Waals surface area contributed by atoms with Crippen molar-refractivity contribution in [2.75, 3.05) is 0 Å². The van der Waals surface area contributed by atoms with Crippen molar-refractivity contribution in [2.24, 2.45) is 0 Å². The molecule has 0 heteroatoms. The second-order valence-corrected chi connectivity index (χ2v) is 8.39. The highest BCUT2D eigenvalue weighted by Crippen LogP contribution is 2.41. The predicted octanol–water partition coefficient (Wildman–Crippen LogP) is 8.98. The van der Waals surface area contributed by atoms with Crippen LogP contribution in [0.4, 0.5) is 0 Å². The van der Waals surface area contributed by atoms with Crippen molar-refractivity contribution in [2.45, 2.75) is 27.2 Å². The molecule has 0 aromatic heterocycles. The molecule has 0 fully saturated rings. The molecule has 0 aliphatic heterocycles. The molecule has 32 heavy (non-hydrogen) atoms. The van der Waals surface area contributed by atoms with Crippen LogP contribution in [0.5, 0.6) is 0 Å². The van der Waals surface area contributed by atoms with Gasteiger partial charge in [-0.15, -0.1) is 0 Å². The number of rotatable bonds is 4. The minimum atomic E-state index is 1.02. The van der Waals surface area contributed by atoms with Gasteiger partial charge in [0.15, 0.2) is 0 Å². The summed E-state index contributed by atoms with van der Waals surface area (Å²) in [5, 5.41) is 5.30. The molecule has 0 nitrogen and oxygen atoms in total. The van der Waals surface area contributed by atoms with Gasteiger partial charge in [-0.3, -0.25) is 0 Å². The molecule has 156 valence electrons. The van der Waals surface area contributed by atoms with Gasteiger partial charge in [-0.2, -0.15) is 0 Å². The summed E-state index contributed by atoms with van der Waals surface area (Å²) in [4.78, 5) is 0. The average Bonchev–Trinajstić information content (AvgIpc) is 2.87. The Balaban J connectivity index is 1.91. The number of allylic oxidation sites excluding steroid dienone is 1. The molecular weight excluding hydrogens is 384 g/mol. The molecule has 0 atom stereocenters. The van der Waals surface area contributed by atoms with Gasteiger partial charge in [-0.25, -0.2) is 0 Å². The molecule has 5 aromatic rings. The normalized spacial score (nSPS) is 11.9. The van der Waals surface area contributed by atoms with E-state index in [2.05, 4.69) is 124 Å². The molecule has 0 spiro atoms. The first-order valence-corrected chi connectivity index (χ1v) is 11.5. The van der Waals surface area contributed by atoms with Crippen molar-refractivity contribution in [1.82, 2.24) is 0 Å². The third kappa shape index (κ3) is 3.33. The maximum atomic E-state index is 2.39. The number of fused-ring (bicyclic) bond motifs is 2. The van der Waals surface area contributed by atoms with Crippen molar-refractivity contribution < 1.29 is 0 Å². The topological polar surface area (TPSA) is 0 Å². The van der Waals surface area contributed by atoms with Crippen LogP contribution in [0.1, 0.15) is 36.1 Å². The third-order valence-electron chi connectivity index (χ3n) is 6.65. The van der Waals surface area contributed by atoms with Gasteiger partial charge in [0.2, 0.25) is 0 Å². The molecule has 5 rings (SSSR count). The van der Waals surface area contributed by atoms with E-state index in [1.165, 1.54) is 60.5 Å². The van der Waals surface area contributed by atoms with E-state index in [-0.39, 0.29) is 0 Å². The second kappa shape index (κ2) is 8.48. The Morgan fingerprint density at radius 2 is 1.31 bits per heavy atom. The molecule has 0 aliphatic carbocycles. The molecule has 0 aliphatic rings. The zero-order valence-corrected chi connectivity index (χ0v) is 19.0. The smallest absolute Gasteiger partial charge is 0.00236 e. The van der Waals surface area contributed by atoms with Crippen molar-refractivity contribution in [3.63, 3.8) is 0 Å². The Hall–Kier alpha value is -3.64. The number of hydrogen-bond acceptors (Lipinski definition) is 0. The maximum Gasteiger partial charge on any atom is -0.00236 e. The van der Waals surface area contributed by atoms with Crippen LogP contribution in [0.15, 0.2) is 103 Å². The lowest BCUT2D eigenvalue weighted by Crippen LogP contribution is -1.98. The van der Waals surface area contributed by atoms with Crippen LogP contribution in [0.2, 0.25) is 0 Å². The highest BCUT2D eigenvalue weighted by atomic mass is 14.2. The summed E-state index contributed by atoms with van der Waals surface area (Å²) in [5.74, 6) is 0. The number of aryl methyl sites for hydroxylation is 2. The van der Waals surface area contributed by atoms with Crippen LogP contribution >= 0.6 is 0 Å². The fourth-order valence-corrected chi connectivity index (χ4v) is 5.02. The zero-order chi connectivity index (χ0) is 22.1. The van der Waals surface area contributed by atoms with Gasteiger partial charge in [0.25, 0.3) is 0 Å². The number of benzene rings is 5. The van der Waals surface area contributed by atoms with Gasteiger partial charge in [0, 0.05) is 0 Å². The van der Waals surface area contributed by atoms with Crippen LogP contribution in [-0.2, 0) is 6.42 Å². The van der Waals surface area contributed by atoms with E-state index in [4.69, 9.17) is 0 Å². The largest absolute Gasteiger partial charge is 0.0791 e. The van der Waals surface area contributed by atoms with Gasteiger partial charge >= 0.3 is 0 Å². The first kappa shape index (κ1) is 20.3. The summed E-state index contributed by atoms with van der Waals surface area (Å²) in [5.41, 5.74) is 9.22. The fraction of sp³-hybridized carbons (Fsp3) is 0.125. The van der Waals surface area contributed by atoms with Gasteiger partial charge in [0.1, 0.15) is 0 Å². The molecule has 0 radical (unpaired) electrons. The Bertz CT molecular complexity index is 1450. The van der Waals surface area contributed by atoms with Gasteiger partial charge in [-0.1, -0.05) is 104 Å². The third-order valence-corrected chi connectivity index (χ3v) is 6.65. The molecule has 0 saturated heterocycles. The lowest BCUT2D eigenvalue weighted by molar-refractivity contribution is 1.13. The van der Waals surface area contributed by atoms with E-state index in [0.29, 0.717) is 0 Å². The SMILES string of the molecule is C/C=C(\c1ccccc1CC)c1c2ccccc2c(C)c2ccc(-c3ccccc3)cc12. The van der Waals surface area contributed by atoms with Gasteiger partial charge < -0.3 is 0 Å². The van der Waals surface area contributed by atoms with Crippen LogP contribution < -0.4 is 0 Å². The minimum Gasteiger partial charge on any atom is -0.0791 e. The van der Waals surface area contributed by atoms with E-state index >= 15 is 0 Å². The van der Waals surface area contributed by atoms with E-state index in [1.54, 1.807) is 0 Å². The summed E-state index contributed by atoms with van der Waals surface area (Å²) in [6, 6.07) is 35.3. The van der Waals surface area contributed by atoms with Crippen molar-refractivity contribution in [3.8, 4) is 11.1 Å². The highest BCUT2D eigenvalue weighted by Gasteiger charge is 2.17. The first-order chi connectivity index (χ1) is 15.7. The zero-order valence-electron chi connectivity index (χ0n) is 19.0. The average molecular weight is 413 g/mol. The van der Waals surface area contributed by atoms with Crippen LogP contribution in [-0.4, -0.2) is 0 Å². The lowest BCUT2D eigenvalue weighted by Gasteiger charge is -2.20. The Morgan fingerprint density at radius 1 is 0.656 bits per heavy atom. The van der Waals surface area contributed by atoms with E-state index in [0.717, 1.165) is 6.42 Å². The molecule has 0 N–H and O–H groups in total. The van der Waals surface area contributed by atoms with Crippen molar-refractivity contribution in [1.29, 1.82) is 0 Å². The first-order valence-electron chi connectivity index (χ1n) is 11.5.